The molecule has 0 bridgehead atoms. The molecule has 0 saturated carbocycles. The molecule has 1 aliphatic rings. The third-order valence-electron chi connectivity index (χ3n) is 3.85. The first-order valence-electron chi connectivity index (χ1n) is 10.2. The van der Waals surface area contributed by atoms with E-state index in [1.807, 2.05) is 27.7 Å². The molecule has 136 valence electrons. The molecule has 0 N–H and O–H groups in total. The number of ketones is 1. The summed E-state index contributed by atoms with van der Waals surface area (Å²) in [7, 11) is 0. The van der Waals surface area contributed by atoms with E-state index in [9.17, 15) is 4.79 Å². The van der Waals surface area contributed by atoms with Crippen molar-refractivity contribution in [3.05, 3.63) is 23.8 Å². The second-order valence-corrected chi connectivity index (χ2v) is 5.70. The summed E-state index contributed by atoms with van der Waals surface area (Å²) in [5.74, 6) is 0.473. The van der Waals surface area contributed by atoms with Crippen LogP contribution < -0.4 is 0 Å². The normalized spacial score (nSPS) is 13.0. The lowest BCUT2D eigenvalue weighted by Crippen LogP contribution is -1.98. The highest BCUT2D eigenvalue weighted by Gasteiger charge is 2.04. The number of hydrogen-bond donors (Lipinski definition) is 0. The summed E-state index contributed by atoms with van der Waals surface area (Å²) in [5, 5.41) is 0. The van der Waals surface area contributed by atoms with E-state index in [-0.39, 0.29) is 0 Å². The minimum Gasteiger partial charge on any atom is -0.300 e. The fourth-order valence-corrected chi connectivity index (χ4v) is 2.60. The number of rotatable bonds is 10. The van der Waals surface area contributed by atoms with Gasteiger partial charge in [-0.3, -0.25) is 4.79 Å². The van der Waals surface area contributed by atoms with Crippen LogP contribution in [0, 0.1) is 0 Å². The Morgan fingerprint density at radius 3 is 2.30 bits per heavy atom. The van der Waals surface area contributed by atoms with Gasteiger partial charge in [-0.05, 0) is 38.5 Å². The van der Waals surface area contributed by atoms with Crippen molar-refractivity contribution in [2.45, 2.75) is 112 Å². The van der Waals surface area contributed by atoms with Crippen LogP contribution >= 0.6 is 0 Å². The zero-order chi connectivity index (χ0) is 17.8. The van der Waals surface area contributed by atoms with Crippen LogP contribution in [0.1, 0.15) is 112 Å². The van der Waals surface area contributed by atoms with Gasteiger partial charge in [0, 0.05) is 12.8 Å². The lowest BCUT2D eigenvalue weighted by molar-refractivity contribution is -0.119. The van der Waals surface area contributed by atoms with Crippen molar-refractivity contribution >= 4 is 5.78 Å². The van der Waals surface area contributed by atoms with Gasteiger partial charge in [-0.15, -0.1) is 0 Å². The Morgan fingerprint density at radius 1 is 0.957 bits per heavy atom. The van der Waals surface area contributed by atoms with Gasteiger partial charge in [0.25, 0.3) is 0 Å². The Morgan fingerprint density at radius 2 is 1.61 bits per heavy atom. The Kier molecular flexibility index (Phi) is 22.4. The Labute approximate surface area is 146 Å². The highest BCUT2D eigenvalue weighted by atomic mass is 16.1. The second kappa shape index (κ2) is 21.1. The van der Waals surface area contributed by atoms with Crippen LogP contribution in [0.4, 0.5) is 0 Å². The van der Waals surface area contributed by atoms with Gasteiger partial charge < -0.3 is 0 Å². The van der Waals surface area contributed by atoms with Crippen LogP contribution in [-0.4, -0.2) is 5.78 Å². The summed E-state index contributed by atoms with van der Waals surface area (Å²) in [6.45, 7) is 10.2. The molecule has 1 heteroatoms. The van der Waals surface area contributed by atoms with Gasteiger partial charge in [0.1, 0.15) is 5.78 Å². The summed E-state index contributed by atoms with van der Waals surface area (Å²) in [4.78, 5) is 11.8. The van der Waals surface area contributed by atoms with E-state index >= 15 is 0 Å². The molecule has 0 saturated heterocycles. The molecular formula is C22H42O. The fraction of sp³-hybridized carbons (Fsp3) is 0.773. The molecule has 0 aromatic heterocycles. The predicted molar refractivity (Wildman–Crippen MR) is 106 cm³/mol. The highest BCUT2D eigenvalue weighted by molar-refractivity contribution is 5.78. The molecule has 0 fully saturated rings. The maximum atomic E-state index is 11.8. The van der Waals surface area contributed by atoms with Gasteiger partial charge in [-0.2, -0.15) is 0 Å². The number of allylic oxidation sites excluding steroid dienone is 4. The van der Waals surface area contributed by atoms with E-state index in [1.165, 1.54) is 50.5 Å². The van der Waals surface area contributed by atoms with Crippen molar-refractivity contribution in [1.29, 1.82) is 0 Å². The number of carbonyl (C=O) groups is 1. The van der Waals surface area contributed by atoms with Crippen molar-refractivity contribution in [3.63, 3.8) is 0 Å². The van der Waals surface area contributed by atoms with Crippen molar-refractivity contribution in [2.24, 2.45) is 0 Å². The maximum absolute atomic E-state index is 11.8. The Hall–Kier alpha value is -0.850. The number of hydrogen-bond acceptors (Lipinski definition) is 1. The highest BCUT2D eigenvalue weighted by Crippen LogP contribution is 2.18. The molecule has 0 unspecified atom stereocenters. The molecule has 0 spiro atoms. The second-order valence-electron chi connectivity index (χ2n) is 5.70. The smallest absolute Gasteiger partial charge is 0.132 e. The van der Waals surface area contributed by atoms with Crippen molar-refractivity contribution in [2.75, 3.05) is 0 Å². The third kappa shape index (κ3) is 17.3. The van der Waals surface area contributed by atoms with E-state index in [4.69, 9.17) is 0 Å². The molecule has 0 amide bonds. The first-order valence-corrected chi connectivity index (χ1v) is 10.2. The molecule has 1 rings (SSSR count). The standard InChI is InChI=1S/C18H30O.2C2H6/c1-2-3-4-5-10-15-18(19)16-11-14-17-12-8-6-7-9-13-17;2*1-2/h6,8,12H,2-5,7,9-11,13-16H2,1H3;2*1-2H3. The molecule has 1 aliphatic carbocycles. The molecule has 0 aromatic rings. The molecule has 23 heavy (non-hydrogen) atoms. The fourth-order valence-electron chi connectivity index (χ4n) is 2.60. The van der Waals surface area contributed by atoms with Crippen LogP contribution in [0.3, 0.4) is 0 Å². The van der Waals surface area contributed by atoms with Gasteiger partial charge in [0.2, 0.25) is 0 Å². The number of carbonyl (C=O) groups excluding carboxylic acids is 1. The average molecular weight is 323 g/mol. The van der Waals surface area contributed by atoms with Crippen LogP contribution in [0.15, 0.2) is 23.8 Å². The zero-order valence-electron chi connectivity index (χ0n) is 16.6. The van der Waals surface area contributed by atoms with Crippen LogP contribution in [0.25, 0.3) is 0 Å². The van der Waals surface area contributed by atoms with Gasteiger partial charge >= 0.3 is 0 Å². The molecule has 1 nitrogen and oxygen atoms in total. The van der Waals surface area contributed by atoms with E-state index in [0.717, 1.165) is 32.1 Å². The monoisotopic (exact) mass is 322 g/mol. The summed E-state index contributed by atoms with van der Waals surface area (Å²) in [6, 6.07) is 0. The SMILES string of the molecule is CC.CC.CCCCCCCC(=O)CCCC1=CC=CCCC1. The largest absolute Gasteiger partial charge is 0.300 e. The van der Waals surface area contributed by atoms with Crippen LogP contribution in [0.5, 0.6) is 0 Å². The van der Waals surface area contributed by atoms with Crippen molar-refractivity contribution in [3.8, 4) is 0 Å². The van der Waals surface area contributed by atoms with Gasteiger partial charge in [-0.25, -0.2) is 0 Å². The summed E-state index contributed by atoms with van der Waals surface area (Å²) >= 11 is 0. The minimum absolute atomic E-state index is 0.473. The van der Waals surface area contributed by atoms with Crippen LogP contribution in [0.2, 0.25) is 0 Å². The lowest BCUT2D eigenvalue weighted by Gasteiger charge is -2.05. The molecule has 0 heterocycles. The lowest BCUT2D eigenvalue weighted by atomic mass is 10.0. The molecule has 0 aliphatic heterocycles. The maximum Gasteiger partial charge on any atom is 0.132 e. The summed E-state index contributed by atoms with van der Waals surface area (Å²) in [5.41, 5.74) is 1.53. The summed E-state index contributed by atoms with van der Waals surface area (Å²) in [6.07, 6.45) is 20.4. The predicted octanol–water partition coefficient (Wildman–Crippen LogP) is 7.81. The van der Waals surface area contributed by atoms with E-state index in [0.29, 0.717) is 5.78 Å². The topological polar surface area (TPSA) is 17.1 Å². The van der Waals surface area contributed by atoms with Crippen molar-refractivity contribution in [1.82, 2.24) is 0 Å². The minimum atomic E-state index is 0.473. The number of Topliss-reactive ketones (excluding diaryl/α,β-unsaturated/α-hetero) is 1. The van der Waals surface area contributed by atoms with Gasteiger partial charge in [-0.1, -0.05) is 84.1 Å². The first-order chi connectivity index (χ1) is 11.3. The van der Waals surface area contributed by atoms with Crippen LogP contribution in [-0.2, 0) is 4.79 Å². The van der Waals surface area contributed by atoms with Gasteiger partial charge in [0.15, 0.2) is 0 Å². The zero-order valence-corrected chi connectivity index (χ0v) is 16.6. The first kappa shape index (κ1) is 24.4. The molecule has 0 atom stereocenters. The quantitative estimate of drug-likeness (QED) is 0.375. The third-order valence-corrected chi connectivity index (χ3v) is 3.85. The Balaban J connectivity index is 0. The van der Waals surface area contributed by atoms with E-state index in [2.05, 4.69) is 25.2 Å². The van der Waals surface area contributed by atoms with E-state index in [1.54, 1.807) is 0 Å². The molecule has 0 aromatic carbocycles. The molecule has 0 radical (unpaired) electrons. The summed E-state index contributed by atoms with van der Waals surface area (Å²) < 4.78 is 0. The van der Waals surface area contributed by atoms with Gasteiger partial charge in [0.05, 0.1) is 0 Å². The van der Waals surface area contributed by atoms with E-state index < -0.39 is 0 Å². The average Bonchev–Trinajstić information content (AvgIpc) is 2.87. The van der Waals surface area contributed by atoms with Crippen molar-refractivity contribution < 1.29 is 4.79 Å². The number of unbranched alkanes of at least 4 members (excludes halogenated alkanes) is 4. The Bertz CT molecular complexity index is 299. The molecular weight excluding hydrogens is 280 g/mol.